The molecule has 0 spiro atoms. The van der Waals surface area contributed by atoms with Gasteiger partial charge in [0.1, 0.15) is 0 Å². The molecule has 1 fully saturated rings. The van der Waals surface area contributed by atoms with Gasteiger partial charge in [0.05, 0.1) is 12.7 Å². The second-order valence-corrected chi connectivity index (χ2v) is 7.00. The average Bonchev–Trinajstić information content (AvgIpc) is 2.73. The predicted octanol–water partition coefficient (Wildman–Crippen LogP) is 2.88. The van der Waals surface area contributed by atoms with Crippen molar-refractivity contribution in [1.82, 2.24) is 9.80 Å². The number of aldehydes is 1. The van der Waals surface area contributed by atoms with Crippen LogP contribution in [-0.2, 0) is 11.3 Å². The first-order chi connectivity index (χ1) is 13.6. The van der Waals surface area contributed by atoms with Crippen LogP contribution >= 0.6 is 11.6 Å². The fourth-order valence-electron chi connectivity index (χ4n) is 3.17. The van der Waals surface area contributed by atoms with Crippen LogP contribution in [0, 0.1) is 0 Å². The maximum atomic E-state index is 12.5. The first kappa shape index (κ1) is 20.2. The van der Waals surface area contributed by atoms with Gasteiger partial charge in [-0.05, 0) is 29.8 Å². The van der Waals surface area contributed by atoms with Crippen molar-refractivity contribution in [3.63, 3.8) is 0 Å². The van der Waals surface area contributed by atoms with Gasteiger partial charge < -0.3 is 14.4 Å². The molecule has 0 aromatic heterocycles. The van der Waals surface area contributed by atoms with E-state index in [9.17, 15) is 9.59 Å². The summed E-state index contributed by atoms with van der Waals surface area (Å²) in [6.45, 7) is 3.58. The normalized spacial score (nSPS) is 14.6. The van der Waals surface area contributed by atoms with Gasteiger partial charge in [-0.25, -0.2) is 0 Å². The summed E-state index contributed by atoms with van der Waals surface area (Å²) in [5, 5.41) is 0.729. The maximum absolute atomic E-state index is 12.5. The van der Waals surface area contributed by atoms with Crippen molar-refractivity contribution in [3.8, 4) is 11.5 Å². The van der Waals surface area contributed by atoms with E-state index in [1.54, 1.807) is 23.1 Å². The zero-order valence-corrected chi connectivity index (χ0v) is 16.5. The van der Waals surface area contributed by atoms with Crippen molar-refractivity contribution in [2.75, 3.05) is 39.9 Å². The van der Waals surface area contributed by atoms with Gasteiger partial charge in [-0.3, -0.25) is 14.5 Å². The van der Waals surface area contributed by atoms with Crippen LogP contribution in [-0.4, -0.2) is 61.9 Å². The van der Waals surface area contributed by atoms with Crippen LogP contribution < -0.4 is 9.47 Å². The number of piperazine rings is 1. The molecule has 148 valence electrons. The number of nitrogens with zero attached hydrogens (tertiary/aromatic N) is 2. The van der Waals surface area contributed by atoms with Gasteiger partial charge >= 0.3 is 0 Å². The molecule has 0 radical (unpaired) electrons. The third kappa shape index (κ3) is 5.03. The number of carbonyl (C=O) groups is 2. The van der Waals surface area contributed by atoms with Crippen molar-refractivity contribution < 1.29 is 19.1 Å². The Balaban J connectivity index is 1.50. The molecule has 2 aromatic rings. The largest absolute Gasteiger partial charge is 0.493 e. The van der Waals surface area contributed by atoms with Crippen molar-refractivity contribution in [1.29, 1.82) is 0 Å². The minimum atomic E-state index is -0.127. The number of halogens is 1. The fourth-order valence-corrected chi connectivity index (χ4v) is 3.30. The SMILES string of the molecule is COc1cccc(C=O)c1OCC(=O)N1CCN(Cc2ccc(Cl)cc2)CC1. The summed E-state index contributed by atoms with van der Waals surface area (Å²) in [5.41, 5.74) is 1.56. The van der Waals surface area contributed by atoms with Crippen LogP contribution in [0.3, 0.4) is 0 Å². The number of hydrogen-bond acceptors (Lipinski definition) is 5. The highest BCUT2D eigenvalue weighted by atomic mass is 35.5. The summed E-state index contributed by atoms with van der Waals surface area (Å²) >= 11 is 5.92. The molecule has 6 nitrogen and oxygen atoms in total. The Morgan fingerprint density at radius 1 is 1.11 bits per heavy atom. The minimum Gasteiger partial charge on any atom is -0.493 e. The summed E-state index contributed by atoms with van der Waals surface area (Å²) in [5.74, 6) is 0.633. The van der Waals surface area contributed by atoms with E-state index in [-0.39, 0.29) is 12.5 Å². The Bertz CT molecular complexity index is 818. The highest BCUT2D eigenvalue weighted by Gasteiger charge is 2.22. The Kier molecular flexibility index (Phi) is 6.90. The van der Waals surface area contributed by atoms with Crippen molar-refractivity contribution in [3.05, 3.63) is 58.6 Å². The molecule has 0 aliphatic carbocycles. The second-order valence-electron chi connectivity index (χ2n) is 6.57. The fraction of sp³-hybridized carbons (Fsp3) is 0.333. The van der Waals surface area contributed by atoms with E-state index >= 15 is 0 Å². The smallest absolute Gasteiger partial charge is 0.260 e. The number of ether oxygens (including phenoxy) is 2. The second kappa shape index (κ2) is 9.57. The van der Waals surface area contributed by atoms with Gasteiger partial charge in [0.25, 0.3) is 5.91 Å². The predicted molar refractivity (Wildman–Crippen MR) is 107 cm³/mol. The van der Waals surface area contributed by atoms with Crippen LogP contribution in [0.5, 0.6) is 11.5 Å². The summed E-state index contributed by atoms with van der Waals surface area (Å²) in [7, 11) is 1.50. The number of hydrogen-bond donors (Lipinski definition) is 0. The van der Waals surface area contributed by atoms with E-state index in [1.165, 1.54) is 12.7 Å². The molecule has 0 atom stereocenters. The van der Waals surface area contributed by atoms with Crippen LogP contribution in [0.2, 0.25) is 5.02 Å². The molecule has 1 heterocycles. The van der Waals surface area contributed by atoms with Gasteiger partial charge in [-0.1, -0.05) is 29.8 Å². The first-order valence-corrected chi connectivity index (χ1v) is 9.48. The van der Waals surface area contributed by atoms with Crippen LogP contribution in [0.1, 0.15) is 15.9 Å². The van der Waals surface area contributed by atoms with E-state index in [1.807, 2.05) is 24.3 Å². The lowest BCUT2D eigenvalue weighted by molar-refractivity contribution is -0.135. The molecule has 1 amide bonds. The third-order valence-electron chi connectivity index (χ3n) is 4.74. The Hall–Kier alpha value is -2.57. The lowest BCUT2D eigenvalue weighted by Gasteiger charge is -2.34. The highest BCUT2D eigenvalue weighted by Crippen LogP contribution is 2.30. The quantitative estimate of drug-likeness (QED) is 0.666. The van der Waals surface area contributed by atoms with Gasteiger partial charge in [0.15, 0.2) is 24.4 Å². The van der Waals surface area contributed by atoms with Gasteiger partial charge in [-0.15, -0.1) is 0 Å². The van der Waals surface area contributed by atoms with E-state index in [2.05, 4.69) is 4.90 Å². The van der Waals surface area contributed by atoms with Crippen LogP contribution in [0.4, 0.5) is 0 Å². The summed E-state index contributed by atoms with van der Waals surface area (Å²) in [6.07, 6.45) is 0.692. The van der Waals surface area contributed by atoms with E-state index < -0.39 is 0 Å². The third-order valence-corrected chi connectivity index (χ3v) is 4.99. The Morgan fingerprint density at radius 3 is 2.46 bits per heavy atom. The van der Waals surface area contributed by atoms with E-state index in [4.69, 9.17) is 21.1 Å². The number of methoxy groups -OCH3 is 1. The molecule has 7 heteroatoms. The number of amides is 1. The maximum Gasteiger partial charge on any atom is 0.260 e. The first-order valence-electron chi connectivity index (χ1n) is 9.10. The molecule has 0 N–H and O–H groups in total. The topological polar surface area (TPSA) is 59.1 Å². The molecule has 0 saturated carbocycles. The van der Waals surface area contributed by atoms with E-state index in [0.717, 1.165) is 24.7 Å². The molecule has 1 saturated heterocycles. The molecule has 0 unspecified atom stereocenters. The minimum absolute atomic E-state index is 0.103. The molecule has 3 rings (SSSR count). The summed E-state index contributed by atoms with van der Waals surface area (Å²) < 4.78 is 10.8. The van der Waals surface area contributed by atoms with Gasteiger partial charge in [0, 0.05) is 37.7 Å². The van der Waals surface area contributed by atoms with Gasteiger partial charge in [0.2, 0.25) is 0 Å². The monoisotopic (exact) mass is 402 g/mol. The lowest BCUT2D eigenvalue weighted by Crippen LogP contribution is -2.49. The zero-order valence-electron chi connectivity index (χ0n) is 15.8. The Morgan fingerprint density at radius 2 is 1.82 bits per heavy atom. The lowest BCUT2D eigenvalue weighted by atomic mass is 10.2. The molecular formula is C21H23ClN2O4. The number of benzene rings is 2. The Labute approximate surface area is 169 Å². The van der Waals surface area contributed by atoms with Crippen molar-refractivity contribution >= 4 is 23.8 Å². The van der Waals surface area contributed by atoms with Gasteiger partial charge in [-0.2, -0.15) is 0 Å². The zero-order chi connectivity index (χ0) is 19.9. The number of para-hydroxylation sites is 1. The molecule has 28 heavy (non-hydrogen) atoms. The average molecular weight is 403 g/mol. The van der Waals surface area contributed by atoms with Crippen molar-refractivity contribution in [2.24, 2.45) is 0 Å². The molecule has 0 bridgehead atoms. The molecule has 2 aromatic carbocycles. The highest BCUT2D eigenvalue weighted by molar-refractivity contribution is 6.30. The molecule has 1 aliphatic heterocycles. The van der Waals surface area contributed by atoms with Crippen LogP contribution in [0.25, 0.3) is 0 Å². The number of carbonyl (C=O) groups excluding carboxylic acids is 2. The van der Waals surface area contributed by atoms with E-state index in [0.29, 0.717) is 36.4 Å². The summed E-state index contributed by atoms with van der Waals surface area (Å²) in [4.78, 5) is 27.8. The standard InChI is InChI=1S/C21H23ClN2O4/c1-27-19-4-2-3-17(14-25)21(19)28-15-20(26)24-11-9-23(10-12-24)13-16-5-7-18(22)8-6-16/h2-8,14H,9-13,15H2,1H3. The summed E-state index contributed by atoms with van der Waals surface area (Å²) in [6, 6.07) is 12.8. The number of rotatable bonds is 7. The molecule has 1 aliphatic rings. The van der Waals surface area contributed by atoms with Crippen LogP contribution in [0.15, 0.2) is 42.5 Å². The van der Waals surface area contributed by atoms with Crippen molar-refractivity contribution in [2.45, 2.75) is 6.54 Å². The molecular weight excluding hydrogens is 380 g/mol.